The molecule has 1 aliphatic rings. The topological polar surface area (TPSA) is 22.1 Å². The normalized spacial score (nSPS) is 13.7. The number of thioether (sulfide) groups is 2. The van der Waals surface area contributed by atoms with E-state index in [0.717, 1.165) is 12.5 Å². The summed E-state index contributed by atoms with van der Waals surface area (Å²) in [6.45, 7) is 15.2. The SMILES string of the molecule is CCCCCCCCCCCCCCCCCCN(CCCCCCCCCCCCCCCCCC)CSC1=NN(CN(CCCCCCCCCCCCCCCCCC)CCCCCCCCCCCCCCCCCC)C(S)S1. The monoisotopic (exact) mass is 1220 g/mol. The highest BCUT2D eigenvalue weighted by Gasteiger charge is 2.27. The molecule has 0 fully saturated rings. The summed E-state index contributed by atoms with van der Waals surface area (Å²) in [5, 5.41) is 7.66. The van der Waals surface area contributed by atoms with Gasteiger partial charge in [-0.15, -0.1) is 12.6 Å². The Morgan fingerprint density at radius 3 is 0.675 bits per heavy atom. The molecule has 1 aliphatic heterocycles. The quantitative estimate of drug-likeness (QED) is 0.0371. The Bertz CT molecular complexity index is 1160. The maximum Gasteiger partial charge on any atom is 0.154 e. The minimum atomic E-state index is 0.130. The average Bonchev–Trinajstić information content (AvgIpc) is 3.86. The van der Waals surface area contributed by atoms with E-state index in [9.17, 15) is 0 Å². The Kier molecular flexibility index (Phi) is 68.6. The van der Waals surface area contributed by atoms with Gasteiger partial charge in [-0.25, -0.2) is 0 Å². The molecule has 4 nitrogen and oxygen atoms in total. The third-order valence-corrected chi connectivity index (χ3v) is 21.5. The molecule has 0 aliphatic carbocycles. The van der Waals surface area contributed by atoms with Crippen molar-refractivity contribution in [3.05, 3.63) is 0 Å². The van der Waals surface area contributed by atoms with Crippen LogP contribution in [0.25, 0.3) is 0 Å². The van der Waals surface area contributed by atoms with Crippen LogP contribution in [0.2, 0.25) is 0 Å². The fourth-order valence-electron chi connectivity index (χ4n) is 12.9. The summed E-state index contributed by atoms with van der Waals surface area (Å²) in [5.41, 5.74) is 0. The van der Waals surface area contributed by atoms with E-state index in [-0.39, 0.29) is 4.71 Å². The van der Waals surface area contributed by atoms with Crippen molar-refractivity contribution in [1.82, 2.24) is 14.8 Å². The number of nitrogens with zero attached hydrogens (tertiary/aromatic N) is 4. The standard InChI is InChI=1S/C76H154N4S3/c1-5-9-13-17-21-25-29-33-37-41-45-49-53-57-61-65-69-78(70-66-62-58-54-50-46-42-38-34-30-26-22-18-14-10-6-2)73-80-76(81)83-75(77-80)82-74-79(71-67-63-59-55-51-47-43-39-35-31-27-23-19-15-11-7-3)72-68-64-60-56-52-48-44-40-36-32-28-24-20-16-12-8-4/h76,81H,5-74H2,1-4H3. The van der Waals surface area contributed by atoms with Crippen LogP contribution in [0.1, 0.15) is 439 Å². The minimum Gasteiger partial charge on any atom is -0.294 e. The highest BCUT2D eigenvalue weighted by Crippen LogP contribution is 2.35. The molecule has 83 heavy (non-hydrogen) atoms. The second-order valence-electron chi connectivity index (χ2n) is 27.1. The van der Waals surface area contributed by atoms with E-state index in [1.54, 1.807) is 0 Å². The second-order valence-corrected chi connectivity index (χ2v) is 30.2. The van der Waals surface area contributed by atoms with Crippen molar-refractivity contribution >= 4 is 40.5 Å². The van der Waals surface area contributed by atoms with E-state index < -0.39 is 0 Å². The van der Waals surface area contributed by atoms with Crippen LogP contribution in [0, 0.1) is 0 Å². The largest absolute Gasteiger partial charge is 0.294 e. The van der Waals surface area contributed by atoms with Crippen LogP contribution in [0.15, 0.2) is 5.10 Å². The van der Waals surface area contributed by atoms with Gasteiger partial charge in [0.25, 0.3) is 0 Å². The van der Waals surface area contributed by atoms with E-state index in [1.165, 1.54) is 441 Å². The molecule has 0 aromatic rings. The first-order valence-corrected chi connectivity index (χ1v) is 41.3. The molecule has 0 radical (unpaired) electrons. The van der Waals surface area contributed by atoms with Gasteiger partial charge in [-0.1, -0.05) is 436 Å². The molecule has 1 rings (SSSR count). The van der Waals surface area contributed by atoms with Crippen LogP contribution in [-0.4, -0.2) is 62.6 Å². The number of thiol groups is 1. The molecular weight excluding hydrogens is 1070 g/mol. The predicted octanol–water partition coefficient (Wildman–Crippen LogP) is 27.8. The van der Waals surface area contributed by atoms with Gasteiger partial charge in [0.2, 0.25) is 0 Å². The van der Waals surface area contributed by atoms with Gasteiger partial charge in [-0.3, -0.25) is 14.8 Å². The zero-order valence-corrected chi connectivity index (χ0v) is 60.2. The fourth-order valence-corrected chi connectivity index (χ4v) is 15.5. The molecule has 0 amide bonds. The molecule has 0 aromatic carbocycles. The first-order chi connectivity index (χ1) is 41.1. The highest BCUT2D eigenvalue weighted by molar-refractivity contribution is 8.41. The van der Waals surface area contributed by atoms with Crippen molar-refractivity contribution in [2.75, 3.05) is 38.7 Å². The van der Waals surface area contributed by atoms with Gasteiger partial charge in [0.1, 0.15) is 4.71 Å². The minimum absolute atomic E-state index is 0.130. The predicted molar refractivity (Wildman–Crippen MR) is 388 cm³/mol. The van der Waals surface area contributed by atoms with Gasteiger partial charge in [-0.2, -0.15) is 5.10 Å². The van der Waals surface area contributed by atoms with Gasteiger partial charge in [0.15, 0.2) is 4.38 Å². The van der Waals surface area contributed by atoms with Crippen LogP contribution >= 0.6 is 36.2 Å². The summed E-state index contributed by atoms with van der Waals surface area (Å²) >= 11 is 9.10. The smallest absolute Gasteiger partial charge is 0.154 e. The van der Waals surface area contributed by atoms with Gasteiger partial charge in [-0.05, 0) is 51.9 Å². The fraction of sp³-hybridized carbons (Fsp3) is 0.987. The van der Waals surface area contributed by atoms with E-state index in [0.29, 0.717) is 0 Å². The highest BCUT2D eigenvalue weighted by atomic mass is 32.2. The molecule has 496 valence electrons. The van der Waals surface area contributed by atoms with Crippen LogP contribution < -0.4 is 0 Å². The number of rotatable bonds is 72. The number of hydrazone groups is 1. The second kappa shape index (κ2) is 69.9. The maximum absolute atomic E-state index is 5.32. The Balaban J connectivity index is 2.60. The number of hydrogen-bond acceptors (Lipinski definition) is 7. The van der Waals surface area contributed by atoms with Gasteiger partial charge in [0.05, 0.1) is 12.5 Å². The Labute approximate surface area is 539 Å². The van der Waals surface area contributed by atoms with E-state index in [2.05, 4.69) is 42.5 Å². The molecule has 0 saturated carbocycles. The summed E-state index contributed by atoms with van der Waals surface area (Å²) in [6.07, 6.45) is 92.0. The molecule has 1 atom stereocenters. The van der Waals surface area contributed by atoms with Crippen LogP contribution in [0.5, 0.6) is 0 Å². The molecule has 0 saturated heterocycles. The van der Waals surface area contributed by atoms with Crippen LogP contribution in [-0.2, 0) is 0 Å². The van der Waals surface area contributed by atoms with E-state index >= 15 is 0 Å². The van der Waals surface area contributed by atoms with Crippen molar-refractivity contribution in [1.29, 1.82) is 0 Å². The van der Waals surface area contributed by atoms with E-state index in [1.807, 2.05) is 23.5 Å². The lowest BCUT2D eigenvalue weighted by molar-refractivity contribution is 0.144. The lowest BCUT2D eigenvalue weighted by Crippen LogP contribution is -2.37. The molecule has 0 N–H and O–H groups in total. The summed E-state index contributed by atoms with van der Waals surface area (Å²) in [4.78, 5) is 5.56. The summed E-state index contributed by atoms with van der Waals surface area (Å²) in [7, 11) is 0. The van der Waals surface area contributed by atoms with Crippen LogP contribution in [0.4, 0.5) is 0 Å². The van der Waals surface area contributed by atoms with Gasteiger partial charge >= 0.3 is 0 Å². The number of hydrogen-bond donors (Lipinski definition) is 1. The van der Waals surface area contributed by atoms with Crippen LogP contribution in [0.3, 0.4) is 0 Å². The van der Waals surface area contributed by atoms with Crippen molar-refractivity contribution in [2.45, 2.75) is 443 Å². The molecule has 0 spiro atoms. The lowest BCUT2D eigenvalue weighted by atomic mass is 10.0. The van der Waals surface area contributed by atoms with Crippen molar-refractivity contribution in [2.24, 2.45) is 5.10 Å². The molecule has 0 bridgehead atoms. The summed E-state index contributed by atoms with van der Waals surface area (Å²) < 4.78 is 1.38. The third-order valence-electron chi connectivity index (χ3n) is 18.7. The van der Waals surface area contributed by atoms with Gasteiger partial charge < -0.3 is 0 Å². The Morgan fingerprint density at radius 2 is 0.470 bits per heavy atom. The van der Waals surface area contributed by atoms with Crippen molar-refractivity contribution < 1.29 is 0 Å². The molecule has 1 unspecified atom stereocenters. The average molecular weight is 1220 g/mol. The zero-order chi connectivity index (χ0) is 59.5. The van der Waals surface area contributed by atoms with Crippen molar-refractivity contribution in [3.63, 3.8) is 0 Å². The molecule has 0 aromatic heterocycles. The van der Waals surface area contributed by atoms with E-state index in [4.69, 9.17) is 17.7 Å². The lowest BCUT2D eigenvalue weighted by Gasteiger charge is -2.28. The number of unbranched alkanes of at least 4 members (excludes halogenated alkanes) is 60. The summed E-state index contributed by atoms with van der Waals surface area (Å²) in [5.74, 6) is 1.08. The van der Waals surface area contributed by atoms with Crippen molar-refractivity contribution in [3.8, 4) is 0 Å². The molecular formula is C76H154N4S3. The molecule has 7 heteroatoms. The van der Waals surface area contributed by atoms with Gasteiger partial charge in [0, 0.05) is 0 Å². The molecule has 1 heterocycles. The zero-order valence-electron chi connectivity index (χ0n) is 57.6. The Hall–Kier alpha value is 0.440. The Morgan fingerprint density at radius 1 is 0.289 bits per heavy atom. The first kappa shape index (κ1) is 81.5. The maximum atomic E-state index is 5.32. The summed E-state index contributed by atoms with van der Waals surface area (Å²) in [6, 6.07) is 0. The first-order valence-electron chi connectivity index (χ1n) is 38.9. The third kappa shape index (κ3) is 61.1.